The Hall–Kier alpha value is -1.09. The molecule has 0 aromatic heterocycles. The molecule has 72 valence electrons. The Morgan fingerprint density at radius 2 is 1.85 bits per heavy atom. The standard InChI is InChI=1S/C10H14FNO/c1-7(10(2,11)12)8-3-5-9(13)6-4-8/h3-7,13H,12H2,1-2H3/t7-,10-/m1/s1. The second kappa shape index (κ2) is 3.34. The lowest BCUT2D eigenvalue weighted by molar-refractivity contribution is 0.164. The van der Waals surface area contributed by atoms with E-state index in [1.165, 1.54) is 19.1 Å². The molecule has 0 unspecified atom stereocenters. The molecule has 0 saturated carbocycles. The highest BCUT2D eigenvalue weighted by Crippen LogP contribution is 2.27. The summed E-state index contributed by atoms with van der Waals surface area (Å²) < 4.78 is 13.3. The third kappa shape index (κ3) is 2.42. The fraction of sp³-hybridized carbons (Fsp3) is 0.400. The molecule has 0 aliphatic heterocycles. The van der Waals surface area contributed by atoms with Crippen LogP contribution >= 0.6 is 0 Å². The molecule has 0 amide bonds. The second-order valence-corrected chi connectivity index (χ2v) is 3.46. The third-order valence-corrected chi connectivity index (χ3v) is 2.24. The summed E-state index contributed by atoms with van der Waals surface area (Å²) in [4.78, 5) is 0. The minimum atomic E-state index is -1.73. The number of halogens is 1. The molecule has 0 heterocycles. The van der Waals surface area contributed by atoms with Gasteiger partial charge in [0.25, 0.3) is 0 Å². The molecule has 2 atom stereocenters. The van der Waals surface area contributed by atoms with Gasteiger partial charge in [-0.05, 0) is 24.6 Å². The number of phenolic OH excluding ortho intramolecular Hbond substituents is 1. The zero-order valence-electron chi connectivity index (χ0n) is 7.79. The maximum atomic E-state index is 13.3. The van der Waals surface area contributed by atoms with Gasteiger partial charge in [-0.2, -0.15) is 0 Å². The maximum Gasteiger partial charge on any atom is 0.162 e. The van der Waals surface area contributed by atoms with Crippen LogP contribution in [0.3, 0.4) is 0 Å². The van der Waals surface area contributed by atoms with Gasteiger partial charge in [-0.1, -0.05) is 19.1 Å². The molecule has 1 aromatic rings. The van der Waals surface area contributed by atoms with Crippen LogP contribution in [-0.2, 0) is 0 Å². The van der Waals surface area contributed by atoms with Crippen molar-refractivity contribution in [1.29, 1.82) is 0 Å². The number of nitrogens with two attached hydrogens (primary N) is 1. The van der Waals surface area contributed by atoms with Crippen LogP contribution in [0.25, 0.3) is 0 Å². The average molecular weight is 183 g/mol. The largest absolute Gasteiger partial charge is 0.508 e. The van der Waals surface area contributed by atoms with Gasteiger partial charge in [0.15, 0.2) is 5.79 Å². The molecule has 3 heteroatoms. The molecule has 1 rings (SSSR count). The topological polar surface area (TPSA) is 46.2 Å². The molecule has 1 aromatic carbocycles. The summed E-state index contributed by atoms with van der Waals surface area (Å²) >= 11 is 0. The monoisotopic (exact) mass is 183 g/mol. The average Bonchev–Trinajstić information content (AvgIpc) is 2.03. The molecule has 0 fully saturated rings. The van der Waals surface area contributed by atoms with Gasteiger partial charge < -0.3 is 5.11 Å². The summed E-state index contributed by atoms with van der Waals surface area (Å²) in [5, 5.41) is 9.02. The smallest absolute Gasteiger partial charge is 0.162 e. The van der Waals surface area contributed by atoms with Crippen LogP contribution < -0.4 is 5.73 Å². The summed E-state index contributed by atoms with van der Waals surface area (Å²) in [6, 6.07) is 6.39. The van der Waals surface area contributed by atoms with E-state index in [0.29, 0.717) is 0 Å². The summed E-state index contributed by atoms with van der Waals surface area (Å²) in [6.45, 7) is 3.05. The molecule has 0 bridgehead atoms. The Labute approximate surface area is 77.2 Å². The highest BCUT2D eigenvalue weighted by atomic mass is 19.1. The van der Waals surface area contributed by atoms with E-state index in [1.54, 1.807) is 19.1 Å². The van der Waals surface area contributed by atoms with Gasteiger partial charge in [-0.25, -0.2) is 4.39 Å². The molecule has 0 radical (unpaired) electrons. The van der Waals surface area contributed by atoms with Gasteiger partial charge in [0.2, 0.25) is 0 Å². The lowest BCUT2D eigenvalue weighted by Gasteiger charge is -2.23. The second-order valence-electron chi connectivity index (χ2n) is 3.46. The number of rotatable bonds is 2. The highest BCUT2D eigenvalue weighted by Gasteiger charge is 2.26. The minimum Gasteiger partial charge on any atom is -0.508 e. The van der Waals surface area contributed by atoms with E-state index in [4.69, 9.17) is 10.8 Å². The molecule has 3 N–H and O–H groups in total. The van der Waals surface area contributed by atoms with E-state index < -0.39 is 5.79 Å². The Kier molecular flexibility index (Phi) is 2.57. The normalized spacial score (nSPS) is 17.8. The van der Waals surface area contributed by atoms with Gasteiger partial charge >= 0.3 is 0 Å². The van der Waals surface area contributed by atoms with Gasteiger partial charge in [0.05, 0.1) is 0 Å². The van der Waals surface area contributed by atoms with Crippen molar-refractivity contribution in [2.75, 3.05) is 0 Å². The maximum absolute atomic E-state index is 13.3. The van der Waals surface area contributed by atoms with Crippen molar-refractivity contribution in [3.8, 4) is 5.75 Å². The van der Waals surface area contributed by atoms with E-state index >= 15 is 0 Å². The highest BCUT2D eigenvalue weighted by molar-refractivity contribution is 5.29. The lowest BCUT2D eigenvalue weighted by atomic mass is 9.93. The molecular formula is C10H14FNO. The lowest BCUT2D eigenvalue weighted by Crippen LogP contribution is -2.36. The van der Waals surface area contributed by atoms with Crippen molar-refractivity contribution in [3.05, 3.63) is 29.8 Å². The number of hydrogen-bond acceptors (Lipinski definition) is 2. The van der Waals surface area contributed by atoms with Crippen LogP contribution in [0.5, 0.6) is 5.75 Å². The molecule has 0 aliphatic rings. The van der Waals surface area contributed by atoms with Gasteiger partial charge in [0.1, 0.15) is 5.75 Å². The predicted molar refractivity (Wildman–Crippen MR) is 50.2 cm³/mol. The van der Waals surface area contributed by atoms with Crippen LogP contribution in [-0.4, -0.2) is 10.9 Å². The van der Waals surface area contributed by atoms with Crippen molar-refractivity contribution in [2.45, 2.75) is 25.6 Å². The first-order valence-electron chi connectivity index (χ1n) is 4.18. The van der Waals surface area contributed by atoms with E-state index in [-0.39, 0.29) is 11.7 Å². The fourth-order valence-corrected chi connectivity index (χ4v) is 1.09. The third-order valence-electron chi connectivity index (χ3n) is 2.24. The van der Waals surface area contributed by atoms with E-state index in [9.17, 15) is 4.39 Å². The number of benzene rings is 1. The van der Waals surface area contributed by atoms with Crippen LogP contribution in [0.1, 0.15) is 25.3 Å². The molecule has 0 spiro atoms. The van der Waals surface area contributed by atoms with Crippen molar-refractivity contribution in [2.24, 2.45) is 5.73 Å². The van der Waals surface area contributed by atoms with Crippen LogP contribution in [0.2, 0.25) is 0 Å². The first-order chi connectivity index (χ1) is 5.91. The summed E-state index contributed by atoms with van der Waals surface area (Å²) in [7, 11) is 0. The minimum absolute atomic E-state index is 0.175. The quantitative estimate of drug-likeness (QED) is 0.690. The van der Waals surface area contributed by atoms with E-state index in [2.05, 4.69) is 0 Å². The van der Waals surface area contributed by atoms with Crippen LogP contribution in [0.4, 0.5) is 4.39 Å². The van der Waals surface area contributed by atoms with Crippen molar-refractivity contribution in [3.63, 3.8) is 0 Å². The number of phenols is 1. The summed E-state index contributed by atoms with van der Waals surface area (Å²) in [5.41, 5.74) is 6.10. The van der Waals surface area contributed by atoms with Gasteiger partial charge in [-0.3, -0.25) is 5.73 Å². The first-order valence-corrected chi connectivity index (χ1v) is 4.18. The predicted octanol–water partition coefficient (Wildman–Crippen LogP) is 2.14. The van der Waals surface area contributed by atoms with Crippen molar-refractivity contribution < 1.29 is 9.50 Å². The molecule has 0 aliphatic carbocycles. The SMILES string of the molecule is C[C@H](c1ccc(O)cc1)[C@@](C)(N)F. The Bertz CT molecular complexity index is 276. The van der Waals surface area contributed by atoms with E-state index in [0.717, 1.165) is 5.56 Å². The van der Waals surface area contributed by atoms with Gasteiger partial charge in [0, 0.05) is 5.92 Å². The number of hydrogen-bond donors (Lipinski definition) is 2. The van der Waals surface area contributed by atoms with Crippen molar-refractivity contribution >= 4 is 0 Å². The van der Waals surface area contributed by atoms with Gasteiger partial charge in [-0.15, -0.1) is 0 Å². The molecular weight excluding hydrogens is 169 g/mol. The fourth-order valence-electron chi connectivity index (χ4n) is 1.09. The number of alkyl halides is 1. The zero-order chi connectivity index (χ0) is 10.1. The Morgan fingerprint density at radius 1 is 1.38 bits per heavy atom. The van der Waals surface area contributed by atoms with Crippen LogP contribution in [0, 0.1) is 0 Å². The summed E-state index contributed by atoms with van der Waals surface area (Å²) in [5.74, 6) is -1.93. The van der Waals surface area contributed by atoms with E-state index in [1.807, 2.05) is 0 Å². The number of aromatic hydroxyl groups is 1. The first kappa shape index (κ1) is 9.99. The van der Waals surface area contributed by atoms with Crippen molar-refractivity contribution in [1.82, 2.24) is 0 Å². The van der Waals surface area contributed by atoms with Crippen LogP contribution in [0.15, 0.2) is 24.3 Å². The molecule has 2 nitrogen and oxygen atoms in total. The molecule has 13 heavy (non-hydrogen) atoms. The molecule has 0 saturated heterocycles. The zero-order valence-corrected chi connectivity index (χ0v) is 7.79. The summed E-state index contributed by atoms with van der Waals surface area (Å²) in [6.07, 6.45) is 0. The Balaban J connectivity index is 2.90. The Morgan fingerprint density at radius 3 is 2.23 bits per heavy atom.